The van der Waals surface area contributed by atoms with Crippen molar-refractivity contribution in [2.45, 2.75) is 0 Å². The Morgan fingerprint density at radius 1 is 0.920 bits per heavy atom. The summed E-state index contributed by atoms with van der Waals surface area (Å²) >= 11 is 0. The molecule has 25 heavy (non-hydrogen) atoms. The molecular formula is C20H19N3O2. The van der Waals surface area contributed by atoms with Crippen molar-refractivity contribution in [2.75, 3.05) is 26.3 Å². The molecule has 1 aliphatic heterocycles. The molecule has 0 N–H and O–H groups in total. The van der Waals surface area contributed by atoms with Crippen LogP contribution in [0.25, 0.3) is 16.9 Å². The highest BCUT2D eigenvalue weighted by Gasteiger charge is 2.24. The standard InChI is InChI=1S/C20H19N3O2/c24-20(22-11-13-25-14-12-22)19-15-18(16-7-3-1-4-8-16)21-23(19)17-9-5-2-6-10-17/h1-10,15H,11-14H2. The summed E-state index contributed by atoms with van der Waals surface area (Å²) in [5, 5.41) is 4.70. The number of carbonyl (C=O) groups is 1. The molecule has 1 aliphatic rings. The van der Waals surface area contributed by atoms with Gasteiger partial charge in [-0.25, -0.2) is 4.68 Å². The molecular weight excluding hydrogens is 314 g/mol. The van der Waals surface area contributed by atoms with Gasteiger partial charge in [-0.05, 0) is 18.2 Å². The van der Waals surface area contributed by atoms with Crippen LogP contribution in [0.1, 0.15) is 10.5 Å². The predicted octanol–water partition coefficient (Wildman–Crippen LogP) is 3.01. The van der Waals surface area contributed by atoms with Gasteiger partial charge in [-0.3, -0.25) is 4.79 Å². The largest absolute Gasteiger partial charge is 0.378 e. The molecule has 2 aromatic carbocycles. The van der Waals surface area contributed by atoms with E-state index >= 15 is 0 Å². The van der Waals surface area contributed by atoms with Crippen molar-refractivity contribution < 1.29 is 9.53 Å². The number of hydrogen-bond acceptors (Lipinski definition) is 3. The van der Waals surface area contributed by atoms with Crippen LogP contribution in [0.5, 0.6) is 0 Å². The first-order valence-electron chi connectivity index (χ1n) is 8.41. The Hall–Kier alpha value is -2.92. The summed E-state index contributed by atoms with van der Waals surface area (Å²) in [4.78, 5) is 14.9. The third kappa shape index (κ3) is 3.19. The number of hydrogen-bond donors (Lipinski definition) is 0. The van der Waals surface area contributed by atoms with E-state index in [0.717, 1.165) is 16.9 Å². The molecule has 4 rings (SSSR count). The molecule has 0 aliphatic carbocycles. The zero-order valence-corrected chi connectivity index (χ0v) is 13.8. The van der Waals surface area contributed by atoms with Gasteiger partial charge in [0.05, 0.1) is 24.6 Å². The Labute approximate surface area is 146 Å². The molecule has 0 saturated carbocycles. The van der Waals surface area contributed by atoms with Crippen molar-refractivity contribution in [2.24, 2.45) is 0 Å². The van der Waals surface area contributed by atoms with Crippen LogP contribution >= 0.6 is 0 Å². The topological polar surface area (TPSA) is 47.4 Å². The molecule has 0 atom stereocenters. The van der Waals surface area contributed by atoms with E-state index in [0.29, 0.717) is 32.0 Å². The van der Waals surface area contributed by atoms with Crippen molar-refractivity contribution in [1.82, 2.24) is 14.7 Å². The van der Waals surface area contributed by atoms with E-state index in [9.17, 15) is 4.79 Å². The smallest absolute Gasteiger partial charge is 0.272 e. The fourth-order valence-electron chi connectivity index (χ4n) is 2.98. The van der Waals surface area contributed by atoms with E-state index in [1.165, 1.54) is 0 Å². The van der Waals surface area contributed by atoms with Crippen LogP contribution in [0.3, 0.4) is 0 Å². The van der Waals surface area contributed by atoms with Crippen molar-refractivity contribution in [3.63, 3.8) is 0 Å². The van der Waals surface area contributed by atoms with Crippen molar-refractivity contribution >= 4 is 5.91 Å². The fraction of sp³-hybridized carbons (Fsp3) is 0.200. The SMILES string of the molecule is O=C(c1cc(-c2ccccc2)nn1-c1ccccc1)N1CCOCC1. The zero-order chi connectivity index (χ0) is 17.1. The van der Waals surface area contributed by atoms with E-state index in [4.69, 9.17) is 9.84 Å². The van der Waals surface area contributed by atoms with Crippen LogP contribution in [0.4, 0.5) is 0 Å². The Bertz CT molecular complexity index is 853. The van der Waals surface area contributed by atoms with Crippen molar-refractivity contribution in [1.29, 1.82) is 0 Å². The lowest BCUT2D eigenvalue weighted by molar-refractivity contribution is 0.0297. The van der Waals surface area contributed by atoms with E-state index in [1.807, 2.05) is 71.6 Å². The molecule has 3 aromatic rings. The minimum atomic E-state index is -0.0122. The Kier molecular flexibility index (Phi) is 4.31. The number of rotatable bonds is 3. The molecule has 0 unspecified atom stereocenters. The van der Waals surface area contributed by atoms with Crippen molar-refractivity contribution in [3.05, 3.63) is 72.4 Å². The number of morpholine rings is 1. The maximum Gasteiger partial charge on any atom is 0.272 e. The number of para-hydroxylation sites is 1. The summed E-state index contributed by atoms with van der Waals surface area (Å²) in [7, 11) is 0. The molecule has 0 bridgehead atoms. The van der Waals surface area contributed by atoms with E-state index in [2.05, 4.69) is 0 Å². The van der Waals surface area contributed by atoms with E-state index in [-0.39, 0.29) is 5.91 Å². The Morgan fingerprint density at radius 2 is 1.56 bits per heavy atom. The Balaban J connectivity index is 1.78. The molecule has 1 aromatic heterocycles. The van der Waals surface area contributed by atoms with Crippen molar-refractivity contribution in [3.8, 4) is 16.9 Å². The van der Waals surface area contributed by atoms with Gasteiger partial charge in [0.1, 0.15) is 5.69 Å². The molecule has 5 nitrogen and oxygen atoms in total. The van der Waals surface area contributed by atoms with Crippen LogP contribution in [0.15, 0.2) is 66.7 Å². The molecule has 0 spiro atoms. The second kappa shape index (κ2) is 6.91. The normalized spacial score (nSPS) is 14.5. The second-order valence-corrected chi connectivity index (χ2v) is 5.93. The van der Waals surface area contributed by atoms with Gasteiger partial charge in [0.25, 0.3) is 5.91 Å². The summed E-state index contributed by atoms with van der Waals surface area (Å²) in [6.07, 6.45) is 0. The van der Waals surface area contributed by atoms with Gasteiger partial charge < -0.3 is 9.64 Å². The van der Waals surface area contributed by atoms with Gasteiger partial charge >= 0.3 is 0 Å². The van der Waals surface area contributed by atoms with Gasteiger partial charge in [0.15, 0.2) is 0 Å². The summed E-state index contributed by atoms with van der Waals surface area (Å²) < 4.78 is 7.10. The third-order valence-corrected chi connectivity index (χ3v) is 4.30. The summed E-state index contributed by atoms with van der Waals surface area (Å²) in [5.74, 6) is -0.0122. The van der Waals surface area contributed by atoms with Gasteiger partial charge in [0.2, 0.25) is 0 Å². The van der Waals surface area contributed by atoms with Gasteiger partial charge in [-0.15, -0.1) is 0 Å². The maximum atomic E-state index is 13.0. The monoisotopic (exact) mass is 333 g/mol. The first-order valence-corrected chi connectivity index (χ1v) is 8.41. The van der Waals surface area contributed by atoms with E-state index < -0.39 is 0 Å². The zero-order valence-electron chi connectivity index (χ0n) is 13.8. The molecule has 1 amide bonds. The predicted molar refractivity (Wildman–Crippen MR) is 95.7 cm³/mol. The summed E-state index contributed by atoms with van der Waals surface area (Å²) in [6.45, 7) is 2.38. The van der Waals surface area contributed by atoms with Crippen LogP contribution in [-0.2, 0) is 4.74 Å². The highest BCUT2D eigenvalue weighted by atomic mass is 16.5. The van der Waals surface area contributed by atoms with Crippen LogP contribution in [0.2, 0.25) is 0 Å². The third-order valence-electron chi connectivity index (χ3n) is 4.30. The quantitative estimate of drug-likeness (QED) is 0.740. The first kappa shape index (κ1) is 15.6. The highest BCUT2D eigenvalue weighted by molar-refractivity contribution is 5.94. The molecule has 1 saturated heterocycles. The summed E-state index contributed by atoms with van der Waals surface area (Å²) in [5.41, 5.74) is 3.24. The minimum absolute atomic E-state index is 0.0122. The van der Waals surface area contributed by atoms with Gasteiger partial charge in [-0.2, -0.15) is 5.10 Å². The molecule has 126 valence electrons. The maximum absolute atomic E-state index is 13.0. The van der Waals surface area contributed by atoms with Gasteiger partial charge in [-0.1, -0.05) is 48.5 Å². The second-order valence-electron chi connectivity index (χ2n) is 5.93. The number of nitrogens with zero attached hydrogens (tertiary/aromatic N) is 3. The van der Waals surface area contributed by atoms with Crippen LogP contribution in [-0.4, -0.2) is 46.9 Å². The highest BCUT2D eigenvalue weighted by Crippen LogP contribution is 2.22. The first-order chi connectivity index (χ1) is 12.3. The lowest BCUT2D eigenvalue weighted by Gasteiger charge is -2.26. The lowest BCUT2D eigenvalue weighted by Crippen LogP contribution is -2.41. The number of aromatic nitrogens is 2. The average Bonchev–Trinajstić information content (AvgIpc) is 3.15. The molecule has 5 heteroatoms. The number of carbonyl (C=O) groups excluding carboxylic acids is 1. The molecule has 2 heterocycles. The van der Waals surface area contributed by atoms with Crippen LogP contribution in [0, 0.1) is 0 Å². The average molecular weight is 333 g/mol. The molecule has 1 fully saturated rings. The van der Waals surface area contributed by atoms with Crippen LogP contribution < -0.4 is 0 Å². The molecule has 0 radical (unpaired) electrons. The summed E-state index contributed by atoms with van der Waals surface area (Å²) in [6, 6.07) is 21.5. The lowest BCUT2D eigenvalue weighted by atomic mass is 10.1. The van der Waals surface area contributed by atoms with Gasteiger partial charge in [0, 0.05) is 18.7 Å². The number of ether oxygens (including phenoxy) is 1. The van der Waals surface area contributed by atoms with E-state index in [1.54, 1.807) is 4.68 Å². The minimum Gasteiger partial charge on any atom is -0.378 e. The number of amides is 1. The fourth-order valence-corrected chi connectivity index (χ4v) is 2.98. The Morgan fingerprint density at radius 3 is 2.24 bits per heavy atom. The number of benzene rings is 2.